The first-order valence-electron chi connectivity index (χ1n) is 8.17. The Morgan fingerprint density at radius 1 is 1.25 bits per heavy atom. The molecule has 0 heterocycles. The van der Waals surface area contributed by atoms with Gasteiger partial charge in [0.1, 0.15) is 17.4 Å². The van der Waals surface area contributed by atoms with Gasteiger partial charge >= 0.3 is 0 Å². The van der Waals surface area contributed by atoms with E-state index in [0.29, 0.717) is 6.61 Å². The molecule has 0 bridgehead atoms. The Morgan fingerprint density at radius 3 is 2.58 bits per heavy atom. The van der Waals surface area contributed by atoms with Crippen molar-refractivity contribution in [1.29, 1.82) is 5.26 Å². The summed E-state index contributed by atoms with van der Waals surface area (Å²) in [5, 5.41) is 14.1. The molecule has 1 atom stereocenters. The van der Waals surface area contributed by atoms with Crippen LogP contribution in [-0.4, -0.2) is 18.6 Å². The van der Waals surface area contributed by atoms with E-state index in [9.17, 15) is 10.1 Å². The Morgan fingerprint density at radius 2 is 1.96 bits per heavy atom. The van der Waals surface area contributed by atoms with Crippen LogP contribution < -0.4 is 10.1 Å². The molecule has 124 valence electrons. The minimum Gasteiger partial charge on any atom is -0.493 e. The normalized spacial score (nSPS) is 12.5. The Labute approximate surface area is 142 Å². The number of carbonyl (C=O) groups is 1. The number of hydrogen-bond donors (Lipinski definition) is 1. The van der Waals surface area contributed by atoms with Crippen LogP contribution in [0, 0.1) is 11.3 Å². The van der Waals surface area contributed by atoms with Gasteiger partial charge in [-0.3, -0.25) is 4.79 Å². The lowest BCUT2D eigenvalue weighted by molar-refractivity contribution is -0.117. The second-order valence-corrected chi connectivity index (χ2v) is 5.58. The zero-order chi connectivity index (χ0) is 17.5. The fraction of sp³-hybridized carbons (Fsp3) is 0.300. The average Bonchev–Trinajstić information content (AvgIpc) is 2.61. The van der Waals surface area contributed by atoms with E-state index >= 15 is 0 Å². The molecule has 24 heavy (non-hydrogen) atoms. The van der Waals surface area contributed by atoms with E-state index in [1.807, 2.05) is 63.2 Å². The molecule has 2 aromatic rings. The van der Waals surface area contributed by atoms with Crippen LogP contribution in [0.1, 0.15) is 32.8 Å². The van der Waals surface area contributed by atoms with E-state index in [-0.39, 0.29) is 17.5 Å². The molecule has 0 unspecified atom stereocenters. The number of nitrogens with one attached hydrogen (secondary N) is 1. The average molecular weight is 322 g/mol. The molecule has 0 spiro atoms. The number of nitrogens with zero attached hydrogens (tertiary/aromatic N) is 1. The van der Waals surface area contributed by atoms with Gasteiger partial charge in [-0.1, -0.05) is 37.3 Å². The van der Waals surface area contributed by atoms with Gasteiger partial charge in [-0.05, 0) is 43.4 Å². The zero-order valence-electron chi connectivity index (χ0n) is 14.3. The van der Waals surface area contributed by atoms with Crippen molar-refractivity contribution in [2.75, 3.05) is 6.61 Å². The number of benzene rings is 2. The van der Waals surface area contributed by atoms with E-state index < -0.39 is 0 Å². The Hall–Kier alpha value is -2.80. The topological polar surface area (TPSA) is 62.1 Å². The number of hydrogen-bond acceptors (Lipinski definition) is 3. The van der Waals surface area contributed by atoms with E-state index in [0.717, 1.165) is 28.5 Å². The standard InChI is InChI=1S/C20H22N2O2/c1-4-14(3)22-20(23)16(13-21)12-15-10-11-19(24-5-2)18-9-7-6-8-17(15)18/h6-12,14H,4-5H2,1-3H3,(H,22,23)/b16-12+/t14-/m0/s1. The van der Waals surface area contributed by atoms with E-state index in [1.54, 1.807) is 6.08 Å². The molecule has 4 heteroatoms. The molecule has 0 saturated heterocycles. The van der Waals surface area contributed by atoms with Crippen LogP contribution in [-0.2, 0) is 4.79 Å². The Bertz CT molecular complexity index is 803. The minimum atomic E-state index is -0.343. The van der Waals surface area contributed by atoms with Gasteiger partial charge in [-0.15, -0.1) is 0 Å². The van der Waals surface area contributed by atoms with Crippen molar-refractivity contribution in [3.05, 3.63) is 47.5 Å². The first-order chi connectivity index (χ1) is 11.6. The number of carbonyl (C=O) groups excluding carboxylic acids is 1. The Balaban J connectivity index is 2.46. The highest BCUT2D eigenvalue weighted by Gasteiger charge is 2.13. The third-order valence-corrected chi connectivity index (χ3v) is 3.87. The molecule has 0 fully saturated rings. The minimum absolute atomic E-state index is 0.0336. The van der Waals surface area contributed by atoms with Crippen LogP contribution in [0.5, 0.6) is 5.75 Å². The summed E-state index contributed by atoms with van der Waals surface area (Å²) in [6, 6.07) is 13.6. The van der Waals surface area contributed by atoms with Crippen LogP contribution in [0.3, 0.4) is 0 Å². The second kappa shape index (κ2) is 8.16. The highest BCUT2D eigenvalue weighted by molar-refractivity contribution is 6.04. The lowest BCUT2D eigenvalue weighted by atomic mass is 10.0. The van der Waals surface area contributed by atoms with Crippen molar-refractivity contribution >= 4 is 22.8 Å². The van der Waals surface area contributed by atoms with Crippen LogP contribution in [0.2, 0.25) is 0 Å². The zero-order valence-corrected chi connectivity index (χ0v) is 14.3. The molecule has 1 N–H and O–H groups in total. The molecule has 2 rings (SSSR count). The van der Waals surface area contributed by atoms with Gasteiger partial charge in [0.25, 0.3) is 5.91 Å². The van der Waals surface area contributed by atoms with Gasteiger partial charge in [0.05, 0.1) is 6.61 Å². The van der Waals surface area contributed by atoms with E-state index in [4.69, 9.17) is 4.74 Å². The van der Waals surface area contributed by atoms with Crippen molar-refractivity contribution in [3.63, 3.8) is 0 Å². The van der Waals surface area contributed by atoms with Crippen LogP contribution in [0.15, 0.2) is 42.0 Å². The van der Waals surface area contributed by atoms with Crippen LogP contribution in [0.25, 0.3) is 16.8 Å². The fourth-order valence-corrected chi connectivity index (χ4v) is 2.41. The van der Waals surface area contributed by atoms with Crippen molar-refractivity contribution in [2.45, 2.75) is 33.2 Å². The van der Waals surface area contributed by atoms with Crippen LogP contribution >= 0.6 is 0 Å². The number of rotatable bonds is 6. The summed E-state index contributed by atoms with van der Waals surface area (Å²) >= 11 is 0. The summed E-state index contributed by atoms with van der Waals surface area (Å²) in [5.74, 6) is 0.456. The SMILES string of the molecule is CCOc1ccc(/C=C(\C#N)C(=O)N[C@@H](C)CC)c2ccccc12. The monoisotopic (exact) mass is 322 g/mol. The molecule has 0 aliphatic carbocycles. The highest BCUT2D eigenvalue weighted by atomic mass is 16.5. The fourth-order valence-electron chi connectivity index (χ4n) is 2.41. The molecular formula is C20H22N2O2. The Kier molecular flexibility index (Phi) is 5.97. The van der Waals surface area contributed by atoms with Crippen molar-refractivity contribution in [2.24, 2.45) is 0 Å². The summed E-state index contributed by atoms with van der Waals surface area (Å²) in [6.45, 7) is 6.43. The van der Waals surface area contributed by atoms with Crippen molar-refractivity contribution in [3.8, 4) is 11.8 Å². The summed E-state index contributed by atoms with van der Waals surface area (Å²) in [7, 11) is 0. The molecule has 0 radical (unpaired) electrons. The maximum atomic E-state index is 12.2. The third kappa shape index (κ3) is 3.94. The van der Waals surface area contributed by atoms with Gasteiger partial charge in [-0.2, -0.15) is 5.26 Å². The van der Waals surface area contributed by atoms with Gasteiger partial charge in [0, 0.05) is 11.4 Å². The number of nitriles is 1. The summed E-state index contributed by atoms with van der Waals surface area (Å²) in [6.07, 6.45) is 2.45. The lowest BCUT2D eigenvalue weighted by Crippen LogP contribution is -2.32. The van der Waals surface area contributed by atoms with Gasteiger partial charge < -0.3 is 10.1 Å². The number of amides is 1. The third-order valence-electron chi connectivity index (χ3n) is 3.87. The first kappa shape index (κ1) is 17.6. The van der Waals surface area contributed by atoms with Crippen molar-refractivity contribution < 1.29 is 9.53 Å². The van der Waals surface area contributed by atoms with Gasteiger partial charge in [0.2, 0.25) is 0 Å². The molecule has 1 amide bonds. The number of fused-ring (bicyclic) bond motifs is 1. The second-order valence-electron chi connectivity index (χ2n) is 5.58. The smallest absolute Gasteiger partial charge is 0.262 e. The molecule has 0 saturated carbocycles. The quantitative estimate of drug-likeness (QED) is 0.644. The molecule has 0 aromatic heterocycles. The summed E-state index contributed by atoms with van der Waals surface area (Å²) in [4.78, 5) is 12.2. The van der Waals surface area contributed by atoms with Crippen LogP contribution in [0.4, 0.5) is 0 Å². The highest BCUT2D eigenvalue weighted by Crippen LogP contribution is 2.29. The van der Waals surface area contributed by atoms with Gasteiger partial charge in [-0.25, -0.2) is 0 Å². The summed E-state index contributed by atoms with van der Waals surface area (Å²) in [5.41, 5.74) is 0.925. The molecular weight excluding hydrogens is 300 g/mol. The molecule has 0 aliphatic heterocycles. The molecule has 2 aromatic carbocycles. The largest absolute Gasteiger partial charge is 0.493 e. The summed E-state index contributed by atoms with van der Waals surface area (Å²) < 4.78 is 5.66. The lowest BCUT2D eigenvalue weighted by Gasteiger charge is -2.12. The molecule has 4 nitrogen and oxygen atoms in total. The molecule has 0 aliphatic rings. The van der Waals surface area contributed by atoms with Gasteiger partial charge in [0.15, 0.2) is 0 Å². The van der Waals surface area contributed by atoms with E-state index in [2.05, 4.69) is 5.32 Å². The predicted octanol–water partition coefficient (Wildman–Crippen LogP) is 4.06. The predicted molar refractivity (Wildman–Crippen MR) is 96.6 cm³/mol. The first-order valence-corrected chi connectivity index (χ1v) is 8.17. The van der Waals surface area contributed by atoms with Crippen molar-refractivity contribution in [1.82, 2.24) is 5.32 Å². The maximum absolute atomic E-state index is 12.2. The number of ether oxygens (including phenoxy) is 1. The van der Waals surface area contributed by atoms with E-state index in [1.165, 1.54) is 0 Å². The maximum Gasteiger partial charge on any atom is 0.262 e.